The average Bonchev–Trinajstić information content (AvgIpc) is 2.87. The zero-order valence-electron chi connectivity index (χ0n) is 19.8. The largest absolute Gasteiger partial charge is 0.300 e. The molecule has 0 saturated heterocycles. The Morgan fingerprint density at radius 1 is 1.30 bits per heavy atom. The lowest BCUT2D eigenvalue weighted by atomic mass is 9.48. The number of ketones is 2. The summed E-state index contributed by atoms with van der Waals surface area (Å²) in [6, 6.07) is 0. The molecule has 2 heteroatoms. The van der Waals surface area contributed by atoms with Gasteiger partial charge in [-0.1, -0.05) is 26.0 Å². The predicted molar refractivity (Wildman–Crippen MR) is 90.8 cm³/mol. The van der Waals surface area contributed by atoms with Gasteiger partial charge in [-0.3, -0.25) is 9.59 Å². The fourth-order valence-electron chi connectivity index (χ4n) is 5.92. The highest BCUT2D eigenvalue weighted by atomic mass is 16.1. The molecule has 2 fully saturated rings. The number of hydrogen-bond donors (Lipinski definition) is 0. The smallest absolute Gasteiger partial charge is 0.156 e. The lowest BCUT2D eigenvalue weighted by Gasteiger charge is -2.55. The van der Waals surface area contributed by atoms with Crippen LogP contribution in [-0.2, 0) is 9.59 Å². The quantitative estimate of drug-likeness (QED) is 0.713. The fraction of sp³-hybridized carbons (Fsp3) is 0.714. The normalized spacial score (nSPS) is 58.1. The van der Waals surface area contributed by atoms with Gasteiger partial charge in [0.15, 0.2) is 5.78 Å². The molecule has 4 rings (SSSR count). The van der Waals surface area contributed by atoms with Gasteiger partial charge in [-0.15, -0.1) is 0 Å². The molecule has 0 heterocycles. The van der Waals surface area contributed by atoms with Crippen molar-refractivity contribution >= 4 is 11.6 Å². The highest BCUT2D eigenvalue weighted by Crippen LogP contribution is 2.65. The molecule has 2 saturated carbocycles. The molecule has 4 aliphatic carbocycles. The molecule has 4 aliphatic rings. The van der Waals surface area contributed by atoms with Gasteiger partial charge < -0.3 is 0 Å². The summed E-state index contributed by atoms with van der Waals surface area (Å²) >= 11 is 0. The van der Waals surface area contributed by atoms with E-state index in [-0.39, 0.29) is 30.6 Å². The third kappa shape index (κ3) is 1.99. The monoisotopic (exact) mass is 318 g/mol. The van der Waals surface area contributed by atoms with Gasteiger partial charge in [-0.05, 0) is 79.2 Å². The Bertz CT molecular complexity index is 843. The van der Waals surface area contributed by atoms with Crippen LogP contribution in [0.5, 0.6) is 0 Å². The Morgan fingerprint density at radius 2 is 2.13 bits per heavy atom. The number of hydrogen-bond acceptors (Lipinski definition) is 2. The van der Waals surface area contributed by atoms with Gasteiger partial charge in [0.2, 0.25) is 0 Å². The molecule has 0 aromatic carbocycles. The number of fused-ring (bicyclic) bond motifs is 5. The molecule has 0 radical (unpaired) electrons. The first kappa shape index (κ1) is 9.96. The lowest BCUT2D eigenvalue weighted by molar-refractivity contribution is -0.127. The molecule has 0 spiro atoms. The maximum atomic E-state index is 12.8. The van der Waals surface area contributed by atoms with E-state index < -0.39 is 41.5 Å². The van der Waals surface area contributed by atoms with Crippen LogP contribution in [0.1, 0.15) is 67.4 Å². The third-order valence-corrected chi connectivity index (χ3v) is 7.28. The van der Waals surface area contributed by atoms with Crippen molar-refractivity contribution in [1.29, 1.82) is 0 Å². The van der Waals surface area contributed by atoms with Crippen molar-refractivity contribution in [2.75, 3.05) is 0 Å². The van der Waals surface area contributed by atoms with Crippen molar-refractivity contribution in [3.63, 3.8) is 0 Å². The van der Waals surface area contributed by atoms with Crippen LogP contribution >= 0.6 is 0 Å². The number of carbonyl (C=O) groups is 2. The summed E-state index contributed by atoms with van der Waals surface area (Å²) in [4.78, 5) is 24.9. The van der Waals surface area contributed by atoms with E-state index in [0.29, 0.717) is 19.3 Å². The summed E-state index contributed by atoms with van der Waals surface area (Å²) in [6.07, 6.45) is 5.82. The van der Waals surface area contributed by atoms with Crippen molar-refractivity contribution in [3.05, 3.63) is 23.8 Å². The molecule has 0 amide bonds. The van der Waals surface area contributed by atoms with E-state index >= 15 is 0 Å². The van der Waals surface area contributed by atoms with Crippen molar-refractivity contribution in [1.82, 2.24) is 0 Å². The van der Waals surface area contributed by atoms with Crippen molar-refractivity contribution in [3.8, 4) is 0 Å². The predicted octanol–water partition coefficient (Wildman–Crippen LogP) is 4.50. The van der Waals surface area contributed by atoms with Gasteiger partial charge in [-0.25, -0.2) is 0 Å². The minimum Gasteiger partial charge on any atom is -0.300 e. The van der Waals surface area contributed by atoms with Crippen LogP contribution in [-0.4, -0.2) is 11.6 Å². The first-order valence-corrected chi connectivity index (χ1v) is 8.67. The van der Waals surface area contributed by atoms with Crippen LogP contribution in [0.15, 0.2) is 23.8 Å². The number of carbonyl (C=O) groups excluding carboxylic acids is 2. The van der Waals surface area contributed by atoms with Crippen molar-refractivity contribution in [2.45, 2.75) is 59.2 Å². The summed E-state index contributed by atoms with van der Waals surface area (Å²) in [5, 5.41) is 0. The Hall–Kier alpha value is -1.18. The summed E-state index contributed by atoms with van der Waals surface area (Å²) < 4.78 is 48.0. The van der Waals surface area contributed by atoms with E-state index in [1.54, 1.807) is 0 Å². The minimum atomic E-state index is -2.78. The Balaban J connectivity index is 1.74. The van der Waals surface area contributed by atoms with Gasteiger partial charge in [-0.2, -0.15) is 0 Å². The average molecular weight is 318 g/mol. The number of rotatable bonds is 1. The van der Waals surface area contributed by atoms with E-state index in [2.05, 4.69) is 6.08 Å². The Kier molecular flexibility index (Phi) is 2.13. The Labute approximate surface area is 147 Å². The van der Waals surface area contributed by atoms with Crippen molar-refractivity contribution in [2.24, 2.45) is 34.5 Å². The zero-order chi connectivity index (χ0) is 21.6. The van der Waals surface area contributed by atoms with Crippen LogP contribution in [0.25, 0.3) is 0 Å². The van der Waals surface area contributed by atoms with Gasteiger partial charge in [0, 0.05) is 20.5 Å². The SMILES string of the molecule is [2H]C([2H])([2H])C(=O)[C@@]1([2H])CCC2C3C=CC4=CC(=O)C([2H])([2H])C[C@@]4(C)C3CC[C@@]21C. The van der Waals surface area contributed by atoms with Crippen molar-refractivity contribution < 1.29 is 17.8 Å². The van der Waals surface area contributed by atoms with Crippen LogP contribution < -0.4 is 0 Å². The molecular formula is C21H28O2. The first-order valence-electron chi connectivity index (χ1n) is 11.7. The highest BCUT2D eigenvalue weighted by molar-refractivity contribution is 5.92. The molecule has 0 bridgehead atoms. The van der Waals surface area contributed by atoms with Crippen LogP contribution in [0.2, 0.25) is 0 Å². The summed E-state index contributed by atoms with van der Waals surface area (Å²) in [6.45, 7) is 1.16. The third-order valence-electron chi connectivity index (χ3n) is 7.28. The highest BCUT2D eigenvalue weighted by Gasteiger charge is 2.58. The first-order chi connectivity index (χ1) is 13.2. The number of allylic oxidation sites excluding steroid dienone is 4. The molecule has 0 aromatic rings. The molecule has 124 valence electrons. The molecular weight excluding hydrogens is 284 g/mol. The summed E-state index contributed by atoms with van der Waals surface area (Å²) in [5.41, 5.74) is -0.318. The molecule has 6 atom stereocenters. The lowest BCUT2D eigenvalue weighted by Crippen LogP contribution is -2.49. The van der Waals surface area contributed by atoms with Crippen LogP contribution in [0.3, 0.4) is 0 Å². The second-order valence-corrected chi connectivity index (χ2v) is 8.19. The molecule has 2 nitrogen and oxygen atoms in total. The summed E-state index contributed by atoms with van der Waals surface area (Å²) in [5.74, 6) is -2.87. The topological polar surface area (TPSA) is 34.1 Å². The van der Waals surface area contributed by atoms with E-state index in [4.69, 9.17) is 8.22 Å². The van der Waals surface area contributed by atoms with E-state index in [0.717, 1.165) is 5.57 Å². The molecule has 0 aromatic heterocycles. The zero-order valence-corrected chi connectivity index (χ0v) is 13.8. The van der Waals surface area contributed by atoms with E-state index in [1.807, 2.05) is 19.9 Å². The van der Waals surface area contributed by atoms with E-state index in [9.17, 15) is 9.59 Å². The standard InChI is InChI=1S/C21H28O2/c1-13(22)17-6-7-18-16-5-4-14-12-15(23)8-10-20(14,2)19(16)9-11-21(17,18)3/h4-5,12,16-19H,6-11H2,1-3H3/t16?,17-,18?,19?,20-,21-/m1/s1/i1D3,8D2,17D. The maximum Gasteiger partial charge on any atom is 0.156 e. The molecule has 23 heavy (non-hydrogen) atoms. The van der Waals surface area contributed by atoms with E-state index in [1.165, 1.54) is 6.08 Å². The van der Waals surface area contributed by atoms with Gasteiger partial charge in [0.25, 0.3) is 0 Å². The Morgan fingerprint density at radius 3 is 2.91 bits per heavy atom. The summed E-state index contributed by atoms with van der Waals surface area (Å²) in [7, 11) is 0. The fourth-order valence-corrected chi connectivity index (χ4v) is 5.92. The van der Waals surface area contributed by atoms with Gasteiger partial charge in [0.05, 0.1) is 0 Å². The second kappa shape index (κ2) is 4.91. The second-order valence-electron chi connectivity index (χ2n) is 8.19. The molecule has 3 unspecified atom stereocenters. The van der Waals surface area contributed by atoms with Gasteiger partial charge >= 0.3 is 0 Å². The maximum absolute atomic E-state index is 12.8. The molecule has 0 aliphatic heterocycles. The van der Waals surface area contributed by atoms with Crippen LogP contribution in [0, 0.1) is 34.5 Å². The molecule has 0 N–H and O–H groups in total. The van der Waals surface area contributed by atoms with Gasteiger partial charge in [0.1, 0.15) is 5.78 Å². The minimum absolute atomic E-state index is 0.00294. The van der Waals surface area contributed by atoms with Crippen LogP contribution in [0.4, 0.5) is 0 Å². The number of Topliss-reactive ketones (excluding diaryl/α,β-unsaturated/α-hetero) is 1.